The van der Waals surface area contributed by atoms with Crippen molar-refractivity contribution in [2.24, 2.45) is 5.73 Å². The molecule has 2 heterocycles. The number of hydrogen-bond donors (Lipinski definition) is 1. The summed E-state index contributed by atoms with van der Waals surface area (Å²) in [6.07, 6.45) is 8.86. The lowest BCUT2D eigenvalue weighted by atomic mass is 10.1. The van der Waals surface area contributed by atoms with Gasteiger partial charge in [-0.05, 0) is 50.4 Å². The summed E-state index contributed by atoms with van der Waals surface area (Å²) < 4.78 is 0. The normalized spacial score (nSPS) is 21.4. The number of rotatable bonds is 5. The van der Waals surface area contributed by atoms with Gasteiger partial charge in [0.05, 0.1) is 0 Å². The van der Waals surface area contributed by atoms with Gasteiger partial charge >= 0.3 is 0 Å². The molecule has 1 saturated heterocycles. The molecule has 0 radical (unpaired) electrons. The van der Waals surface area contributed by atoms with Crippen LogP contribution in [-0.4, -0.2) is 29.0 Å². The van der Waals surface area contributed by atoms with Gasteiger partial charge in [0.25, 0.3) is 0 Å². The highest BCUT2D eigenvalue weighted by Gasteiger charge is 2.23. The van der Waals surface area contributed by atoms with Gasteiger partial charge in [-0.1, -0.05) is 6.07 Å². The SMILES string of the molecule is NCCCC1CCCN1Cc1cccnc1. The molecule has 2 N–H and O–H groups in total. The Morgan fingerprint density at radius 2 is 2.44 bits per heavy atom. The summed E-state index contributed by atoms with van der Waals surface area (Å²) in [6, 6.07) is 4.91. The Morgan fingerprint density at radius 1 is 1.50 bits per heavy atom. The second-order valence-corrected chi connectivity index (χ2v) is 4.56. The molecule has 3 heteroatoms. The van der Waals surface area contributed by atoms with E-state index >= 15 is 0 Å². The van der Waals surface area contributed by atoms with Gasteiger partial charge in [0.2, 0.25) is 0 Å². The van der Waals surface area contributed by atoms with Crippen LogP contribution in [0.4, 0.5) is 0 Å². The topological polar surface area (TPSA) is 42.1 Å². The van der Waals surface area contributed by atoms with Crippen LogP contribution < -0.4 is 5.73 Å². The maximum absolute atomic E-state index is 5.58. The van der Waals surface area contributed by atoms with Gasteiger partial charge in [-0.15, -0.1) is 0 Å². The number of nitrogens with zero attached hydrogens (tertiary/aromatic N) is 2. The fraction of sp³-hybridized carbons (Fsp3) is 0.615. The molecule has 3 nitrogen and oxygen atoms in total. The minimum Gasteiger partial charge on any atom is -0.330 e. The Labute approximate surface area is 97.7 Å². The zero-order chi connectivity index (χ0) is 11.2. The third-order valence-electron chi connectivity index (χ3n) is 3.35. The molecule has 0 spiro atoms. The van der Waals surface area contributed by atoms with Crippen molar-refractivity contribution in [2.45, 2.75) is 38.3 Å². The highest BCUT2D eigenvalue weighted by Crippen LogP contribution is 2.22. The van der Waals surface area contributed by atoms with Crippen molar-refractivity contribution in [3.8, 4) is 0 Å². The van der Waals surface area contributed by atoms with Crippen LogP contribution >= 0.6 is 0 Å². The van der Waals surface area contributed by atoms with Gasteiger partial charge in [-0.2, -0.15) is 0 Å². The van der Waals surface area contributed by atoms with Crippen LogP contribution in [0, 0.1) is 0 Å². The van der Waals surface area contributed by atoms with E-state index in [-0.39, 0.29) is 0 Å². The Hall–Kier alpha value is -0.930. The second kappa shape index (κ2) is 5.97. The summed E-state index contributed by atoms with van der Waals surface area (Å²) in [4.78, 5) is 6.74. The van der Waals surface area contributed by atoms with Crippen LogP contribution in [0.3, 0.4) is 0 Å². The van der Waals surface area contributed by atoms with Crippen molar-refractivity contribution in [3.63, 3.8) is 0 Å². The number of aromatic nitrogens is 1. The molecule has 0 bridgehead atoms. The second-order valence-electron chi connectivity index (χ2n) is 4.56. The van der Waals surface area contributed by atoms with Crippen molar-refractivity contribution in [2.75, 3.05) is 13.1 Å². The summed E-state index contributed by atoms with van der Waals surface area (Å²) in [7, 11) is 0. The maximum Gasteiger partial charge on any atom is 0.0312 e. The highest BCUT2D eigenvalue weighted by molar-refractivity contribution is 5.08. The molecule has 1 aromatic heterocycles. The average Bonchev–Trinajstić information content (AvgIpc) is 2.75. The highest BCUT2D eigenvalue weighted by atomic mass is 15.2. The van der Waals surface area contributed by atoms with E-state index in [2.05, 4.69) is 16.0 Å². The molecule has 0 amide bonds. The summed E-state index contributed by atoms with van der Waals surface area (Å²) in [5.74, 6) is 0. The van der Waals surface area contributed by atoms with E-state index in [0.717, 1.165) is 25.6 Å². The molecule has 1 unspecified atom stereocenters. The van der Waals surface area contributed by atoms with E-state index < -0.39 is 0 Å². The molecule has 1 aromatic rings. The Balaban J connectivity index is 1.88. The smallest absolute Gasteiger partial charge is 0.0312 e. The molecule has 0 aliphatic carbocycles. The molecule has 1 aliphatic heterocycles. The zero-order valence-electron chi connectivity index (χ0n) is 9.81. The quantitative estimate of drug-likeness (QED) is 0.821. The monoisotopic (exact) mass is 219 g/mol. The Morgan fingerprint density at radius 3 is 3.19 bits per heavy atom. The third kappa shape index (κ3) is 3.03. The molecular weight excluding hydrogens is 198 g/mol. The number of pyridine rings is 1. The lowest BCUT2D eigenvalue weighted by Crippen LogP contribution is -2.29. The molecular formula is C13H21N3. The number of hydrogen-bond acceptors (Lipinski definition) is 3. The predicted octanol–water partition coefficient (Wildman–Crippen LogP) is 1.78. The molecule has 0 saturated carbocycles. The summed E-state index contributed by atoms with van der Waals surface area (Å²) >= 11 is 0. The first-order valence-electron chi connectivity index (χ1n) is 6.23. The van der Waals surface area contributed by atoms with E-state index in [1.807, 2.05) is 18.5 Å². The first kappa shape index (κ1) is 11.6. The standard InChI is InChI=1S/C13H21N3/c14-7-1-5-13-6-3-9-16(13)11-12-4-2-8-15-10-12/h2,4,8,10,13H,1,3,5-7,9,11,14H2. The van der Waals surface area contributed by atoms with Crippen LogP contribution in [0.2, 0.25) is 0 Å². The van der Waals surface area contributed by atoms with Crippen molar-refractivity contribution < 1.29 is 0 Å². The first-order valence-corrected chi connectivity index (χ1v) is 6.23. The zero-order valence-corrected chi connectivity index (χ0v) is 9.81. The third-order valence-corrected chi connectivity index (χ3v) is 3.35. The van der Waals surface area contributed by atoms with Gasteiger partial charge in [0.1, 0.15) is 0 Å². The fourth-order valence-electron chi connectivity index (χ4n) is 2.51. The van der Waals surface area contributed by atoms with Crippen molar-refractivity contribution in [3.05, 3.63) is 30.1 Å². The number of nitrogens with two attached hydrogens (primary N) is 1. The van der Waals surface area contributed by atoms with Gasteiger partial charge in [0.15, 0.2) is 0 Å². The lowest BCUT2D eigenvalue weighted by Gasteiger charge is -2.24. The van der Waals surface area contributed by atoms with Gasteiger partial charge < -0.3 is 5.73 Å². The van der Waals surface area contributed by atoms with E-state index in [4.69, 9.17) is 5.73 Å². The van der Waals surface area contributed by atoms with Crippen molar-refractivity contribution >= 4 is 0 Å². The van der Waals surface area contributed by atoms with E-state index in [1.165, 1.54) is 31.4 Å². The minimum atomic E-state index is 0.740. The molecule has 2 rings (SSSR count). The molecule has 1 aliphatic rings. The maximum atomic E-state index is 5.58. The van der Waals surface area contributed by atoms with E-state index in [0.29, 0.717) is 0 Å². The minimum absolute atomic E-state index is 0.740. The molecule has 88 valence electrons. The van der Waals surface area contributed by atoms with E-state index in [1.54, 1.807) is 0 Å². The molecule has 16 heavy (non-hydrogen) atoms. The van der Waals surface area contributed by atoms with Crippen molar-refractivity contribution in [1.82, 2.24) is 9.88 Å². The first-order chi connectivity index (χ1) is 7.90. The van der Waals surface area contributed by atoms with Crippen LogP contribution in [0.25, 0.3) is 0 Å². The Bertz CT molecular complexity index is 299. The average molecular weight is 219 g/mol. The number of likely N-dealkylation sites (tertiary alicyclic amines) is 1. The molecule has 1 atom stereocenters. The van der Waals surface area contributed by atoms with Gasteiger partial charge in [-0.25, -0.2) is 0 Å². The van der Waals surface area contributed by atoms with Crippen LogP contribution in [0.1, 0.15) is 31.2 Å². The summed E-state index contributed by atoms with van der Waals surface area (Å²) in [6.45, 7) is 3.09. The van der Waals surface area contributed by atoms with Crippen LogP contribution in [-0.2, 0) is 6.54 Å². The predicted molar refractivity (Wildman–Crippen MR) is 66.0 cm³/mol. The van der Waals surface area contributed by atoms with Crippen molar-refractivity contribution in [1.29, 1.82) is 0 Å². The molecule has 1 fully saturated rings. The lowest BCUT2D eigenvalue weighted by molar-refractivity contribution is 0.232. The van der Waals surface area contributed by atoms with Crippen LogP contribution in [0.15, 0.2) is 24.5 Å². The summed E-state index contributed by atoms with van der Waals surface area (Å²) in [5, 5.41) is 0. The Kier molecular flexibility index (Phi) is 4.31. The molecule has 0 aromatic carbocycles. The van der Waals surface area contributed by atoms with E-state index in [9.17, 15) is 0 Å². The largest absolute Gasteiger partial charge is 0.330 e. The van der Waals surface area contributed by atoms with Gasteiger partial charge in [-0.3, -0.25) is 9.88 Å². The fourth-order valence-corrected chi connectivity index (χ4v) is 2.51. The summed E-state index contributed by atoms with van der Waals surface area (Å²) in [5.41, 5.74) is 6.90. The van der Waals surface area contributed by atoms with Gasteiger partial charge in [0, 0.05) is 25.0 Å². The van der Waals surface area contributed by atoms with Crippen LogP contribution in [0.5, 0.6) is 0 Å².